The summed E-state index contributed by atoms with van der Waals surface area (Å²) in [7, 11) is 3.13. The molecule has 1 aromatic rings. The van der Waals surface area contributed by atoms with E-state index in [-0.39, 0.29) is 0 Å². The Hall–Kier alpha value is -1.03. The average molecular weight is 258 g/mol. The normalized spacial score (nSPS) is 9.71. The number of allylic oxidation sites excluding steroid dienone is 1. The minimum absolute atomic E-state index is 0.466. The van der Waals surface area contributed by atoms with Gasteiger partial charge in [-0.3, -0.25) is 0 Å². The van der Waals surface area contributed by atoms with Crippen LogP contribution in [0.3, 0.4) is 0 Å². The molecule has 0 radical (unpaired) electrons. The zero-order valence-electron chi connectivity index (χ0n) is 8.43. The van der Waals surface area contributed by atoms with Crippen molar-refractivity contribution in [1.82, 2.24) is 4.98 Å². The fraction of sp³-hybridized carbons (Fsp3) is 0.300. The molecule has 1 heterocycles. The van der Waals surface area contributed by atoms with Crippen LogP contribution in [0.2, 0.25) is 0 Å². The number of methoxy groups -OCH3 is 2. The van der Waals surface area contributed by atoms with Crippen LogP contribution in [0.5, 0.6) is 11.6 Å². The number of aromatic nitrogens is 1. The van der Waals surface area contributed by atoms with Gasteiger partial charge in [0.1, 0.15) is 0 Å². The van der Waals surface area contributed by atoms with Gasteiger partial charge >= 0.3 is 0 Å². The van der Waals surface area contributed by atoms with Crippen LogP contribution in [0, 0.1) is 0 Å². The Morgan fingerprint density at radius 2 is 2.07 bits per heavy atom. The molecule has 1 rings (SSSR count). The first-order chi connectivity index (χ1) is 6.60. The number of hydrogen-bond donors (Lipinski definition) is 0. The fourth-order valence-corrected chi connectivity index (χ4v) is 1.68. The number of pyridine rings is 1. The van der Waals surface area contributed by atoms with Crippen LogP contribution >= 0.6 is 15.9 Å². The predicted octanol–water partition coefficient (Wildman–Crippen LogP) is 2.89. The van der Waals surface area contributed by atoms with Gasteiger partial charge in [-0.1, -0.05) is 6.58 Å². The van der Waals surface area contributed by atoms with E-state index in [2.05, 4.69) is 27.5 Å². The fourth-order valence-electron chi connectivity index (χ4n) is 1.05. The van der Waals surface area contributed by atoms with Gasteiger partial charge < -0.3 is 9.47 Å². The highest BCUT2D eigenvalue weighted by atomic mass is 79.9. The third-order valence-electron chi connectivity index (χ3n) is 1.73. The lowest BCUT2D eigenvalue weighted by molar-refractivity contribution is 0.342. The lowest BCUT2D eigenvalue weighted by Crippen LogP contribution is -1.97. The molecule has 14 heavy (non-hydrogen) atoms. The molecule has 0 spiro atoms. The topological polar surface area (TPSA) is 31.4 Å². The first-order valence-electron chi connectivity index (χ1n) is 4.04. The van der Waals surface area contributed by atoms with Crippen LogP contribution in [0.1, 0.15) is 12.6 Å². The molecule has 4 heteroatoms. The molecule has 76 valence electrons. The van der Waals surface area contributed by atoms with Gasteiger partial charge in [0.05, 0.1) is 19.9 Å². The highest BCUT2D eigenvalue weighted by Gasteiger charge is 2.11. The summed E-state index contributed by atoms with van der Waals surface area (Å²) in [5.74, 6) is 1.07. The van der Waals surface area contributed by atoms with Gasteiger partial charge in [0.15, 0.2) is 5.75 Å². The van der Waals surface area contributed by atoms with Gasteiger partial charge in [-0.05, 0) is 28.4 Å². The van der Waals surface area contributed by atoms with Crippen molar-refractivity contribution in [2.75, 3.05) is 14.2 Å². The number of nitrogens with zero attached hydrogens (tertiary/aromatic N) is 1. The maximum absolute atomic E-state index is 5.10. The van der Waals surface area contributed by atoms with Gasteiger partial charge in [-0.25, -0.2) is 4.98 Å². The lowest BCUT2D eigenvalue weighted by Gasteiger charge is -2.10. The zero-order chi connectivity index (χ0) is 10.7. The van der Waals surface area contributed by atoms with Crippen LogP contribution in [-0.4, -0.2) is 19.2 Å². The van der Waals surface area contributed by atoms with Crippen LogP contribution in [0.4, 0.5) is 0 Å². The molecule has 0 aliphatic rings. The Labute approximate surface area is 91.9 Å². The lowest BCUT2D eigenvalue weighted by atomic mass is 10.2. The van der Waals surface area contributed by atoms with Crippen molar-refractivity contribution < 1.29 is 9.47 Å². The molecule has 0 unspecified atom stereocenters. The number of rotatable bonds is 3. The van der Waals surface area contributed by atoms with E-state index < -0.39 is 0 Å². The molecular formula is C10H12BrNO2. The monoisotopic (exact) mass is 257 g/mol. The second kappa shape index (κ2) is 4.46. The number of halogens is 1. The van der Waals surface area contributed by atoms with E-state index in [1.54, 1.807) is 14.2 Å². The summed E-state index contributed by atoms with van der Waals surface area (Å²) in [6.07, 6.45) is 0. The van der Waals surface area contributed by atoms with Crippen LogP contribution in [0.25, 0.3) is 5.57 Å². The molecule has 0 aliphatic carbocycles. The van der Waals surface area contributed by atoms with E-state index in [9.17, 15) is 0 Å². The van der Waals surface area contributed by atoms with Crippen LogP contribution in [-0.2, 0) is 0 Å². The largest absolute Gasteiger partial charge is 0.491 e. The summed E-state index contributed by atoms with van der Waals surface area (Å²) < 4.78 is 11.0. The molecular weight excluding hydrogens is 246 g/mol. The summed E-state index contributed by atoms with van der Waals surface area (Å²) >= 11 is 3.39. The summed E-state index contributed by atoms with van der Waals surface area (Å²) in [6, 6.07) is 1.82. The first-order valence-corrected chi connectivity index (χ1v) is 4.83. The summed E-state index contributed by atoms with van der Waals surface area (Å²) in [5.41, 5.74) is 1.65. The van der Waals surface area contributed by atoms with E-state index >= 15 is 0 Å². The van der Waals surface area contributed by atoms with Crippen molar-refractivity contribution in [3.8, 4) is 11.6 Å². The Bertz CT molecular complexity index is 363. The second-order valence-corrected chi connectivity index (χ2v) is 3.67. The van der Waals surface area contributed by atoms with Crippen molar-refractivity contribution in [3.63, 3.8) is 0 Å². The third kappa shape index (κ3) is 2.07. The molecule has 0 bridgehead atoms. The standard InChI is InChI=1S/C10H12BrNO2/c1-6(2)9-7(11)5-8(13-3)10(12-9)14-4/h5H,1H2,2-4H3. The molecule has 0 aliphatic heterocycles. The van der Waals surface area contributed by atoms with E-state index in [0.29, 0.717) is 11.6 Å². The van der Waals surface area contributed by atoms with Gasteiger partial charge in [-0.15, -0.1) is 0 Å². The SMILES string of the molecule is C=C(C)c1nc(OC)c(OC)cc1Br. The van der Waals surface area contributed by atoms with Crippen molar-refractivity contribution in [3.05, 3.63) is 22.8 Å². The smallest absolute Gasteiger partial charge is 0.257 e. The average Bonchev–Trinajstić information content (AvgIpc) is 2.16. The Kier molecular flexibility index (Phi) is 3.52. The second-order valence-electron chi connectivity index (χ2n) is 2.81. The van der Waals surface area contributed by atoms with Gasteiger partial charge in [0, 0.05) is 10.5 Å². The molecule has 0 amide bonds. The van der Waals surface area contributed by atoms with Crippen molar-refractivity contribution in [2.24, 2.45) is 0 Å². The first kappa shape index (κ1) is 11.0. The summed E-state index contributed by atoms with van der Waals surface area (Å²) in [4.78, 5) is 4.27. The molecule has 0 atom stereocenters. The van der Waals surface area contributed by atoms with Crippen molar-refractivity contribution in [2.45, 2.75) is 6.92 Å². The van der Waals surface area contributed by atoms with Gasteiger partial charge in [-0.2, -0.15) is 0 Å². The maximum Gasteiger partial charge on any atom is 0.257 e. The molecule has 0 fully saturated rings. The molecule has 3 nitrogen and oxygen atoms in total. The molecule has 1 aromatic heterocycles. The summed E-state index contributed by atoms with van der Waals surface area (Å²) in [6.45, 7) is 5.72. The molecule has 0 aromatic carbocycles. The van der Waals surface area contributed by atoms with E-state index in [1.165, 1.54) is 0 Å². The van der Waals surface area contributed by atoms with Crippen molar-refractivity contribution in [1.29, 1.82) is 0 Å². The van der Waals surface area contributed by atoms with E-state index in [4.69, 9.17) is 9.47 Å². The minimum Gasteiger partial charge on any atom is -0.491 e. The Morgan fingerprint density at radius 1 is 1.43 bits per heavy atom. The quantitative estimate of drug-likeness (QED) is 0.835. The number of hydrogen-bond acceptors (Lipinski definition) is 3. The molecule has 0 N–H and O–H groups in total. The number of ether oxygens (including phenoxy) is 2. The zero-order valence-corrected chi connectivity index (χ0v) is 10.0. The highest BCUT2D eigenvalue weighted by molar-refractivity contribution is 9.10. The Morgan fingerprint density at radius 3 is 2.50 bits per heavy atom. The minimum atomic E-state index is 0.466. The van der Waals surface area contributed by atoms with Crippen molar-refractivity contribution >= 4 is 21.5 Å². The molecule has 0 saturated carbocycles. The third-order valence-corrected chi connectivity index (χ3v) is 2.33. The van der Waals surface area contributed by atoms with Gasteiger partial charge in [0.2, 0.25) is 0 Å². The summed E-state index contributed by atoms with van der Waals surface area (Å²) in [5, 5.41) is 0. The Balaban J connectivity index is 3.30. The van der Waals surface area contributed by atoms with E-state index in [0.717, 1.165) is 15.7 Å². The van der Waals surface area contributed by atoms with Crippen LogP contribution in [0.15, 0.2) is 17.1 Å². The predicted molar refractivity (Wildman–Crippen MR) is 59.7 cm³/mol. The van der Waals surface area contributed by atoms with Gasteiger partial charge in [0.25, 0.3) is 5.88 Å². The van der Waals surface area contributed by atoms with Crippen LogP contribution < -0.4 is 9.47 Å². The maximum atomic E-state index is 5.10. The highest BCUT2D eigenvalue weighted by Crippen LogP contribution is 2.32. The van der Waals surface area contributed by atoms with E-state index in [1.807, 2.05) is 13.0 Å². The molecule has 0 saturated heterocycles.